The highest BCUT2D eigenvalue weighted by Crippen LogP contribution is 2.29. The number of nitriles is 1. The summed E-state index contributed by atoms with van der Waals surface area (Å²) in [5.41, 5.74) is 5.68. The van der Waals surface area contributed by atoms with Gasteiger partial charge in [-0.15, -0.1) is 0 Å². The van der Waals surface area contributed by atoms with Crippen LogP contribution < -0.4 is 11.1 Å². The first-order valence-electron chi connectivity index (χ1n) is 6.14. The molecular weight excluding hydrogens is 246 g/mol. The second-order valence-electron chi connectivity index (χ2n) is 4.73. The van der Waals surface area contributed by atoms with E-state index < -0.39 is 0 Å². The van der Waals surface area contributed by atoms with E-state index in [0.29, 0.717) is 25.7 Å². The highest BCUT2D eigenvalue weighted by atomic mass is 16.5. The molecule has 4 N–H and O–H groups in total. The molecule has 7 nitrogen and oxygen atoms in total. The quantitative estimate of drug-likeness (QED) is 0.706. The molecule has 0 saturated carbocycles. The van der Waals surface area contributed by atoms with Gasteiger partial charge in [-0.2, -0.15) is 10.2 Å². The summed E-state index contributed by atoms with van der Waals surface area (Å²) in [6, 6.07) is 1.91. The molecule has 1 aliphatic rings. The van der Waals surface area contributed by atoms with Crippen LogP contribution in [-0.4, -0.2) is 41.4 Å². The molecule has 1 saturated heterocycles. The smallest absolute Gasteiger partial charge is 0.224 e. The van der Waals surface area contributed by atoms with E-state index in [1.807, 2.05) is 6.07 Å². The number of rotatable bonds is 4. The number of nitrogen functional groups attached to an aromatic ring is 1. The monoisotopic (exact) mass is 263 g/mol. The van der Waals surface area contributed by atoms with Crippen molar-refractivity contribution < 1.29 is 9.84 Å². The molecule has 0 radical (unpaired) electrons. The summed E-state index contributed by atoms with van der Waals surface area (Å²) in [5.74, 6) is 0.529. The third-order valence-corrected chi connectivity index (χ3v) is 3.45. The second-order valence-corrected chi connectivity index (χ2v) is 4.73. The highest BCUT2D eigenvalue weighted by Gasteiger charge is 2.32. The third kappa shape index (κ3) is 3.10. The van der Waals surface area contributed by atoms with Gasteiger partial charge in [0.15, 0.2) is 0 Å². The Morgan fingerprint density at radius 3 is 2.84 bits per heavy atom. The summed E-state index contributed by atoms with van der Waals surface area (Å²) in [6.45, 7) is 1.95. The fourth-order valence-electron chi connectivity index (χ4n) is 2.03. The third-order valence-electron chi connectivity index (χ3n) is 3.45. The van der Waals surface area contributed by atoms with Crippen molar-refractivity contribution in [3.8, 4) is 6.07 Å². The van der Waals surface area contributed by atoms with E-state index in [-0.39, 0.29) is 23.4 Å². The number of hydrogen-bond donors (Lipinski definition) is 3. The maximum absolute atomic E-state index is 9.55. The molecule has 102 valence electrons. The van der Waals surface area contributed by atoms with Crippen LogP contribution in [0.1, 0.15) is 18.4 Å². The number of aliphatic hydroxyl groups is 1. The molecule has 0 aromatic carbocycles. The van der Waals surface area contributed by atoms with E-state index in [0.717, 1.165) is 12.8 Å². The van der Waals surface area contributed by atoms with Gasteiger partial charge < -0.3 is 20.9 Å². The Balaban J connectivity index is 2.01. The Kier molecular flexibility index (Phi) is 4.14. The predicted molar refractivity (Wildman–Crippen MR) is 69.2 cm³/mol. The predicted octanol–water partition coefficient (Wildman–Crippen LogP) is 0.131. The summed E-state index contributed by atoms with van der Waals surface area (Å²) in [7, 11) is 0. The van der Waals surface area contributed by atoms with Crippen molar-refractivity contribution in [2.45, 2.75) is 12.8 Å². The number of nitrogens with one attached hydrogen (secondary N) is 1. The number of aliphatic hydroxyl groups excluding tert-OH is 1. The maximum Gasteiger partial charge on any atom is 0.224 e. The lowest BCUT2D eigenvalue weighted by molar-refractivity contribution is -0.00865. The van der Waals surface area contributed by atoms with Crippen molar-refractivity contribution in [3.05, 3.63) is 11.8 Å². The van der Waals surface area contributed by atoms with Crippen LogP contribution in [0.15, 0.2) is 6.20 Å². The van der Waals surface area contributed by atoms with Crippen molar-refractivity contribution in [2.75, 3.05) is 37.4 Å². The first-order chi connectivity index (χ1) is 9.19. The average molecular weight is 263 g/mol. The molecule has 1 aromatic heterocycles. The summed E-state index contributed by atoms with van der Waals surface area (Å²) >= 11 is 0. The molecular formula is C12H17N5O2. The van der Waals surface area contributed by atoms with Gasteiger partial charge in [0.2, 0.25) is 5.95 Å². The zero-order valence-electron chi connectivity index (χ0n) is 10.6. The van der Waals surface area contributed by atoms with Crippen molar-refractivity contribution in [1.29, 1.82) is 5.26 Å². The molecule has 1 aromatic rings. The number of hydrogen-bond acceptors (Lipinski definition) is 7. The van der Waals surface area contributed by atoms with E-state index in [4.69, 9.17) is 15.7 Å². The SMILES string of the molecule is N#Cc1cnc(NCC2(CO)CCOCC2)nc1N. The number of nitrogens with zero attached hydrogens (tertiary/aromatic N) is 3. The van der Waals surface area contributed by atoms with Gasteiger partial charge in [-0.25, -0.2) is 4.98 Å². The fourth-order valence-corrected chi connectivity index (χ4v) is 2.03. The Labute approximate surface area is 111 Å². The van der Waals surface area contributed by atoms with Gasteiger partial charge in [-0.05, 0) is 12.8 Å². The van der Waals surface area contributed by atoms with E-state index in [9.17, 15) is 5.11 Å². The molecule has 19 heavy (non-hydrogen) atoms. The molecule has 0 spiro atoms. The zero-order valence-corrected chi connectivity index (χ0v) is 10.6. The Morgan fingerprint density at radius 2 is 2.26 bits per heavy atom. The summed E-state index contributed by atoms with van der Waals surface area (Å²) in [6.07, 6.45) is 2.98. The Bertz CT molecular complexity index is 479. The van der Waals surface area contributed by atoms with Crippen molar-refractivity contribution in [2.24, 2.45) is 5.41 Å². The first-order valence-corrected chi connectivity index (χ1v) is 6.14. The molecule has 0 bridgehead atoms. The van der Waals surface area contributed by atoms with E-state index in [1.54, 1.807) is 0 Å². The lowest BCUT2D eigenvalue weighted by atomic mass is 9.81. The van der Waals surface area contributed by atoms with Gasteiger partial charge in [0, 0.05) is 25.2 Å². The van der Waals surface area contributed by atoms with E-state index in [2.05, 4.69) is 15.3 Å². The minimum Gasteiger partial charge on any atom is -0.396 e. The lowest BCUT2D eigenvalue weighted by Gasteiger charge is -2.35. The van der Waals surface area contributed by atoms with Gasteiger partial charge in [-0.3, -0.25) is 0 Å². The summed E-state index contributed by atoms with van der Waals surface area (Å²) < 4.78 is 5.30. The highest BCUT2D eigenvalue weighted by molar-refractivity contribution is 5.49. The minimum atomic E-state index is -0.204. The molecule has 0 amide bonds. The van der Waals surface area contributed by atoms with Crippen LogP contribution >= 0.6 is 0 Å². The molecule has 0 aliphatic carbocycles. The number of aromatic nitrogens is 2. The molecule has 1 fully saturated rings. The van der Waals surface area contributed by atoms with E-state index in [1.165, 1.54) is 6.20 Å². The number of ether oxygens (including phenoxy) is 1. The molecule has 2 rings (SSSR count). The van der Waals surface area contributed by atoms with Crippen LogP contribution in [0.25, 0.3) is 0 Å². The molecule has 7 heteroatoms. The van der Waals surface area contributed by atoms with Crippen LogP contribution in [-0.2, 0) is 4.74 Å². The van der Waals surface area contributed by atoms with Crippen LogP contribution in [0.3, 0.4) is 0 Å². The molecule has 2 heterocycles. The number of nitrogens with two attached hydrogens (primary N) is 1. The van der Waals surface area contributed by atoms with E-state index >= 15 is 0 Å². The van der Waals surface area contributed by atoms with Gasteiger partial charge in [0.05, 0.1) is 12.8 Å². The van der Waals surface area contributed by atoms with Gasteiger partial charge in [0.25, 0.3) is 0 Å². The van der Waals surface area contributed by atoms with Gasteiger partial charge >= 0.3 is 0 Å². The summed E-state index contributed by atoms with van der Waals surface area (Å²) in [5, 5.41) is 21.4. The van der Waals surface area contributed by atoms with Crippen LogP contribution in [0, 0.1) is 16.7 Å². The zero-order chi connectivity index (χ0) is 13.7. The van der Waals surface area contributed by atoms with Crippen molar-refractivity contribution >= 4 is 11.8 Å². The van der Waals surface area contributed by atoms with Gasteiger partial charge in [-0.1, -0.05) is 0 Å². The Hall–Kier alpha value is -1.91. The first kappa shape index (κ1) is 13.5. The van der Waals surface area contributed by atoms with Crippen LogP contribution in [0.5, 0.6) is 0 Å². The van der Waals surface area contributed by atoms with Crippen molar-refractivity contribution in [1.82, 2.24) is 9.97 Å². The second kappa shape index (κ2) is 5.82. The fraction of sp³-hybridized carbons (Fsp3) is 0.583. The summed E-state index contributed by atoms with van der Waals surface area (Å²) in [4.78, 5) is 8.04. The standard InChI is InChI=1S/C12H17N5O2/c13-5-9-6-15-11(17-10(9)14)16-7-12(8-18)1-3-19-4-2-12/h6,18H,1-4,7-8H2,(H3,14,15,16,17). The largest absolute Gasteiger partial charge is 0.396 e. The normalized spacial score (nSPS) is 17.7. The molecule has 0 atom stereocenters. The van der Waals surface area contributed by atoms with Crippen LogP contribution in [0.2, 0.25) is 0 Å². The number of anilines is 2. The lowest BCUT2D eigenvalue weighted by Crippen LogP contribution is -2.39. The Morgan fingerprint density at radius 1 is 1.53 bits per heavy atom. The minimum absolute atomic E-state index is 0.0924. The average Bonchev–Trinajstić information content (AvgIpc) is 2.46. The van der Waals surface area contributed by atoms with Gasteiger partial charge in [0.1, 0.15) is 17.5 Å². The van der Waals surface area contributed by atoms with Crippen LogP contribution in [0.4, 0.5) is 11.8 Å². The maximum atomic E-state index is 9.55. The molecule has 0 unspecified atom stereocenters. The molecule has 1 aliphatic heterocycles. The van der Waals surface area contributed by atoms with Crippen molar-refractivity contribution in [3.63, 3.8) is 0 Å². The topological polar surface area (TPSA) is 117 Å².